The number of aryl methyl sites for hydroxylation is 2. The Kier molecular flexibility index (Phi) is 5.18. The van der Waals surface area contributed by atoms with Crippen LogP contribution in [0.15, 0.2) is 10.5 Å². The maximum Gasteiger partial charge on any atom is 0.211 e. The van der Waals surface area contributed by atoms with Crippen molar-refractivity contribution in [1.82, 2.24) is 4.72 Å². The van der Waals surface area contributed by atoms with E-state index in [9.17, 15) is 13.5 Å². The summed E-state index contributed by atoms with van der Waals surface area (Å²) >= 11 is 0. The van der Waals surface area contributed by atoms with E-state index < -0.39 is 15.6 Å². The second kappa shape index (κ2) is 6.07. The smallest absolute Gasteiger partial charge is 0.211 e. The first kappa shape index (κ1) is 16.2. The Balaban J connectivity index is 2.73. The summed E-state index contributed by atoms with van der Waals surface area (Å²) in [4.78, 5) is 0. The van der Waals surface area contributed by atoms with E-state index in [4.69, 9.17) is 4.42 Å². The van der Waals surface area contributed by atoms with Gasteiger partial charge in [0, 0.05) is 12.1 Å². The Morgan fingerprint density at radius 2 is 2.05 bits per heavy atom. The molecule has 2 N–H and O–H groups in total. The van der Waals surface area contributed by atoms with Crippen LogP contribution in [0.1, 0.15) is 43.8 Å². The minimum atomic E-state index is -3.33. The lowest BCUT2D eigenvalue weighted by Gasteiger charge is -2.23. The lowest BCUT2D eigenvalue weighted by Crippen LogP contribution is -2.39. The molecule has 0 radical (unpaired) electrons. The molecule has 0 aliphatic carbocycles. The monoisotopic (exact) mass is 289 g/mol. The van der Waals surface area contributed by atoms with Crippen LogP contribution in [0.4, 0.5) is 0 Å². The quantitative estimate of drug-likeness (QED) is 0.802. The summed E-state index contributed by atoms with van der Waals surface area (Å²) in [6.07, 6.45) is 1.43. The van der Waals surface area contributed by atoms with Gasteiger partial charge in [-0.3, -0.25) is 0 Å². The molecule has 0 aromatic carbocycles. The Morgan fingerprint density at radius 1 is 1.42 bits per heavy atom. The number of hydrogen-bond donors (Lipinski definition) is 2. The molecule has 0 amide bonds. The molecule has 0 spiro atoms. The van der Waals surface area contributed by atoms with Gasteiger partial charge in [0.1, 0.15) is 17.1 Å². The average Bonchev–Trinajstić information content (AvgIpc) is 2.65. The number of rotatable bonds is 7. The van der Waals surface area contributed by atoms with E-state index in [0.29, 0.717) is 23.5 Å². The molecule has 19 heavy (non-hydrogen) atoms. The van der Waals surface area contributed by atoms with Gasteiger partial charge in [-0.1, -0.05) is 13.3 Å². The van der Waals surface area contributed by atoms with Crippen molar-refractivity contribution in [2.45, 2.75) is 46.1 Å². The summed E-state index contributed by atoms with van der Waals surface area (Å²) < 4.78 is 31.2. The van der Waals surface area contributed by atoms with Crippen molar-refractivity contribution in [2.24, 2.45) is 0 Å². The van der Waals surface area contributed by atoms with Crippen LogP contribution in [-0.2, 0) is 15.6 Å². The fraction of sp³-hybridized carbons (Fsp3) is 0.692. The minimum Gasteiger partial charge on any atom is -0.466 e. The van der Waals surface area contributed by atoms with Crippen molar-refractivity contribution in [1.29, 1.82) is 0 Å². The van der Waals surface area contributed by atoms with Gasteiger partial charge >= 0.3 is 0 Å². The highest BCUT2D eigenvalue weighted by Crippen LogP contribution is 2.26. The number of furan rings is 1. The lowest BCUT2D eigenvalue weighted by molar-refractivity contribution is 0.0612. The first-order valence-electron chi connectivity index (χ1n) is 6.45. The number of unbranched alkanes of at least 4 members (excludes halogenated alkanes) is 1. The van der Waals surface area contributed by atoms with Crippen LogP contribution in [0, 0.1) is 13.8 Å². The number of sulfonamides is 1. The predicted octanol–water partition coefficient (Wildman–Crippen LogP) is 1.82. The van der Waals surface area contributed by atoms with Gasteiger partial charge in [-0.05, 0) is 33.3 Å². The number of hydrogen-bond acceptors (Lipinski definition) is 4. The fourth-order valence-corrected chi connectivity index (χ4v) is 3.23. The van der Waals surface area contributed by atoms with E-state index in [2.05, 4.69) is 4.72 Å². The molecule has 1 heterocycles. The summed E-state index contributed by atoms with van der Waals surface area (Å²) in [5.74, 6) is 1.39. The van der Waals surface area contributed by atoms with E-state index in [1.165, 1.54) is 0 Å². The van der Waals surface area contributed by atoms with Crippen molar-refractivity contribution in [3.05, 3.63) is 23.2 Å². The Labute approximate surface area is 115 Å². The molecule has 1 atom stereocenters. The van der Waals surface area contributed by atoms with E-state index >= 15 is 0 Å². The molecule has 0 bridgehead atoms. The molecular formula is C13H23NO4S. The average molecular weight is 289 g/mol. The maximum atomic E-state index is 11.7. The number of nitrogens with one attached hydrogen (secondary N) is 1. The van der Waals surface area contributed by atoms with Gasteiger partial charge in [0.05, 0.1) is 5.75 Å². The largest absolute Gasteiger partial charge is 0.466 e. The molecule has 0 saturated carbocycles. The van der Waals surface area contributed by atoms with E-state index in [0.717, 1.165) is 6.42 Å². The maximum absolute atomic E-state index is 11.7. The van der Waals surface area contributed by atoms with E-state index in [1.807, 2.05) is 6.92 Å². The first-order chi connectivity index (χ1) is 8.68. The van der Waals surface area contributed by atoms with Crippen molar-refractivity contribution in [2.75, 3.05) is 12.3 Å². The highest BCUT2D eigenvalue weighted by atomic mass is 32.2. The molecule has 5 nitrogen and oxygen atoms in total. The zero-order valence-corrected chi connectivity index (χ0v) is 12.8. The molecule has 0 aliphatic rings. The van der Waals surface area contributed by atoms with E-state index in [-0.39, 0.29) is 12.3 Å². The highest BCUT2D eigenvalue weighted by molar-refractivity contribution is 7.89. The Morgan fingerprint density at radius 3 is 2.53 bits per heavy atom. The van der Waals surface area contributed by atoms with E-state index in [1.54, 1.807) is 26.8 Å². The second-order valence-electron chi connectivity index (χ2n) is 5.09. The fourth-order valence-electron chi connectivity index (χ4n) is 1.92. The zero-order chi connectivity index (χ0) is 14.7. The van der Waals surface area contributed by atoms with Gasteiger partial charge in [0.25, 0.3) is 0 Å². The van der Waals surface area contributed by atoms with Crippen LogP contribution in [0.5, 0.6) is 0 Å². The summed E-state index contributed by atoms with van der Waals surface area (Å²) in [5, 5.41) is 10.4. The lowest BCUT2D eigenvalue weighted by atomic mass is 9.97. The van der Waals surface area contributed by atoms with Gasteiger partial charge in [0.2, 0.25) is 10.0 Å². The third-order valence-corrected chi connectivity index (χ3v) is 4.43. The molecule has 6 heteroatoms. The Hall–Kier alpha value is -0.850. The standard InChI is InChI=1S/C13H23NO4S/c1-5-6-7-19(16,17)14-9-13(4,15)12-8-10(2)18-11(12)3/h8,14-15H,5-7,9H2,1-4H3/t13-/m0/s1. The molecule has 0 fully saturated rings. The van der Waals surface area contributed by atoms with Gasteiger partial charge in [-0.2, -0.15) is 0 Å². The molecular weight excluding hydrogens is 266 g/mol. The third-order valence-electron chi connectivity index (χ3n) is 3.02. The predicted molar refractivity (Wildman–Crippen MR) is 74.5 cm³/mol. The minimum absolute atomic E-state index is 0.0567. The molecule has 0 unspecified atom stereocenters. The highest BCUT2D eigenvalue weighted by Gasteiger charge is 2.29. The second-order valence-corrected chi connectivity index (χ2v) is 7.02. The van der Waals surface area contributed by atoms with Crippen LogP contribution < -0.4 is 4.72 Å². The number of aliphatic hydroxyl groups is 1. The topological polar surface area (TPSA) is 79.5 Å². The van der Waals surface area contributed by atoms with Crippen molar-refractivity contribution in [3.63, 3.8) is 0 Å². The van der Waals surface area contributed by atoms with Gasteiger partial charge in [0.15, 0.2) is 0 Å². The van der Waals surface area contributed by atoms with Crippen LogP contribution in [0.3, 0.4) is 0 Å². The molecule has 1 rings (SSSR count). The Bertz CT molecular complexity index is 517. The van der Waals surface area contributed by atoms with Crippen LogP contribution in [-0.4, -0.2) is 25.8 Å². The summed E-state index contributed by atoms with van der Waals surface area (Å²) in [5.41, 5.74) is -0.663. The van der Waals surface area contributed by atoms with Crippen molar-refractivity contribution < 1.29 is 17.9 Å². The van der Waals surface area contributed by atoms with Gasteiger partial charge in [-0.25, -0.2) is 13.1 Å². The van der Waals surface area contributed by atoms with Gasteiger partial charge < -0.3 is 9.52 Å². The summed E-state index contributed by atoms with van der Waals surface area (Å²) in [6, 6.07) is 1.73. The van der Waals surface area contributed by atoms with Crippen molar-refractivity contribution in [3.8, 4) is 0 Å². The molecule has 110 valence electrons. The SMILES string of the molecule is CCCCS(=O)(=O)NC[C@](C)(O)c1cc(C)oc1C. The first-order valence-corrected chi connectivity index (χ1v) is 8.10. The van der Waals surface area contributed by atoms with Crippen molar-refractivity contribution >= 4 is 10.0 Å². The van der Waals surface area contributed by atoms with Gasteiger partial charge in [-0.15, -0.1) is 0 Å². The van der Waals surface area contributed by atoms with Crippen LogP contribution in [0.2, 0.25) is 0 Å². The summed E-state index contributed by atoms with van der Waals surface area (Å²) in [7, 11) is -3.33. The molecule has 1 aromatic rings. The molecule has 1 aromatic heterocycles. The molecule has 0 saturated heterocycles. The third kappa shape index (κ3) is 4.63. The molecule has 0 aliphatic heterocycles. The zero-order valence-electron chi connectivity index (χ0n) is 12.0. The van der Waals surface area contributed by atoms with Crippen LogP contribution in [0.25, 0.3) is 0 Å². The normalized spacial score (nSPS) is 15.4. The summed E-state index contributed by atoms with van der Waals surface area (Å²) in [6.45, 7) is 7.00. The van der Waals surface area contributed by atoms with Crippen LogP contribution >= 0.6 is 0 Å².